The standard InChI is InChI=1S/C18H18BrN3O3/c19-14-5-3-13(4-6-14)18(25)21-10-9-17(24)22-15-7-1-12(2-8-15)11-16(20)23/h1-8H,9-11H2,(H2,20,23)(H,21,25)(H,22,24). The molecule has 3 amide bonds. The zero-order valence-corrected chi connectivity index (χ0v) is 15.0. The van der Waals surface area contributed by atoms with E-state index in [2.05, 4.69) is 26.6 Å². The number of halogens is 1. The van der Waals surface area contributed by atoms with Crippen LogP contribution in [-0.2, 0) is 16.0 Å². The molecule has 0 aromatic heterocycles. The lowest BCUT2D eigenvalue weighted by atomic mass is 10.1. The van der Waals surface area contributed by atoms with Crippen LogP contribution in [0.4, 0.5) is 5.69 Å². The molecule has 0 saturated carbocycles. The van der Waals surface area contributed by atoms with Gasteiger partial charge in [0.25, 0.3) is 5.91 Å². The van der Waals surface area contributed by atoms with Crippen molar-refractivity contribution in [2.75, 3.05) is 11.9 Å². The number of nitrogens with two attached hydrogens (primary N) is 1. The molecular weight excluding hydrogens is 386 g/mol. The molecule has 2 rings (SSSR count). The van der Waals surface area contributed by atoms with Crippen LogP contribution in [0.15, 0.2) is 53.0 Å². The van der Waals surface area contributed by atoms with Gasteiger partial charge in [0.15, 0.2) is 0 Å². The second-order valence-electron chi connectivity index (χ2n) is 5.40. The monoisotopic (exact) mass is 403 g/mol. The minimum absolute atomic E-state index is 0.158. The van der Waals surface area contributed by atoms with Gasteiger partial charge in [-0.1, -0.05) is 28.1 Å². The summed E-state index contributed by atoms with van der Waals surface area (Å²) < 4.78 is 0.894. The molecule has 0 heterocycles. The number of primary amides is 1. The quantitative estimate of drug-likeness (QED) is 0.660. The van der Waals surface area contributed by atoms with Crippen molar-refractivity contribution in [1.82, 2.24) is 5.32 Å². The third-order valence-electron chi connectivity index (χ3n) is 3.36. The van der Waals surface area contributed by atoms with Gasteiger partial charge in [0.1, 0.15) is 0 Å². The molecule has 0 radical (unpaired) electrons. The highest BCUT2D eigenvalue weighted by Crippen LogP contribution is 2.11. The molecule has 2 aromatic rings. The largest absolute Gasteiger partial charge is 0.369 e. The molecule has 130 valence electrons. The summed E-state index contributed by atoms with van der Waals surface area (Å²) in [5.74, 6) is -0.840. The minimum atomic E-state index is -0.404. The Hall–Kier alpha value is -2.67. The number of nitrogens with one attached hydrogen (secondary N) is 2. The summed E-state index contributed by atoms with van der Waals surface area (Å²) in [6.07, 6.45) is 0.321. The summed E-state index contributed by atoms with van der Waals surface area (Å²) in [5.41, 5.74) is 7.07. The molecule has 0 aliphatic heterocycles. The van der Waals surface area contributed by atoms with Gasteiger partial charge in [-0.3, -0.25) is 14.4 Å². The van der Waals surface area contributed by atoms with E-state index in [1.165, 1.54) is 0 Å². The van der Waals surface area contributed by atoms with Gasteiger partial charge in [0.05, 0.1) is 6.42 Å². The zero-order valence-electron chi connectivity index (χ0n) is 13.4. The van der Waals surface area contributed by atoms with Crippen LogP contribution in [0.2, 0.25) is 0 Å². The third-order valence-corrected chi connectivity index (χ3v) is 3.89. The van der Waals surface area contributed by atoms with E-state index in [0.29, 0.717) is 11.3 Å². The lowest BCUT2D eigenvalue weighted by Crippen LogP contribution is -2.27. The van der Waals surface area contributed by atoms with Crippen molar-refractivity contribution in [2.24, 2.45) is 5.73 Å². The molecule has 7 heteroatoms. The lowest BCUT2D eigenvalue weighted by Gasteiger charge is -2.07. The fourth-order valence-electron chi connectivity index (χ4n) is 2.12. The molecule has 25 heavy (non-hydrogen) atoms. The predicted molar refractivity (Wildman–Crippen MR) is 99.1 cm³/mol. The average Bonchev–Trinajstić information content (AvgIpc) is 2.56. The summed E-state index contributed by atoms with van der Waals surface area (Å²) in [7, 11) is 0. The first kappa shape index (κ1) is 18.7. The smallest absolute Gasteiger partial charge is 0.251 e. The molecule has 0 unspecified atom stereocenters. The number of amides is 3. The van der Waals surface area contributed by atoms with E-state index in [-0.39, 0.29) is 31.2 Å². The molecule has 6 nitrogen and oxygen atoms in total. The minimum Gasteiger partial charge on any atom is -0.369 e. The number of carbonyl (C=O) groups excluding carboxylic acids is 3. The van der Waals surface area contributed by atoms with E-state index in [1.807, 2.05) is 0 Å². The summed E-state index contributed by atoms with van der Waals surface area (Å²) in [5, 5.41) is 5.43. The molecule has 2 aromatic carbocycles. The van der Waals surface area contributed by atoms with Crippen LogP contribution in [0.1, 0.15) is 22.3 Å². The van der Waals surface area contributed by atoms with Gasteiger partial charge < -0.3 is 16.4 Å². The lowest BCUT2D eigenvalue weighted by molar-refractivity contribution is -0.117. The van der Waals surface area contributed by atoms with E-state index < -0.39 is 5.91 Å². The topological polar surface area (TPSA) is 101 Å². The highest BCUT2D eigenvalue weighted by Gasteiger charge is 2.07. The van der Waals surface area contributed by atoms with Crippen LogP contribution in [0.3, 0.4) is 0 Å². The average molecular weight is 404 g/mol. The first-order valence-corrected chi connectivity index (χ1v) is 8.44. The van der Waals surface area contributed by atoms with Crippen LogP contribution in [0, 0.1) is 0 Å². The molecule has 0 saturated heterocycles. The van der Waals surface area contributed by atoms with Crippen LogP contribution < -0.4 is 16.4 Å². The number of carbonyl (C=O) groups is 3. The van der Waals surface area contributed by atoms with Gasteiger partial charge in [0, 0.05) is 28.7 Å². The molecule has 0 fully saturated rings. The SMILES string of the molecule is NC(=O)Cc1ccc(NC(=O)CCNC(=O)c2ccc(Br)cc2)cc1. The van der Waals surface area contributed by atoms with Crippen LogP contribution in [0.5, 0.6) is 0 Å². The maximum absolute atomic E-state index is 11.9. The highest BCUT2D eigenvalue weighted by molar-refractivity contribution is 9.10. The summed E-state index contributed by atoms with van der Waals surface area (Å²) in [4.78, 5) is 34.7. The predicted octanol–water partition coefficient (Wildman–Crippen LogP) is 2.24. The van der Waals surface area contributed by atoms with Gasteiger partial charge >= 0.3 is 0 Å². The van der Waals surface area contributed by atoms with Gasteiger partial charge in [0.2, 0.25) is 11.8 Å². The normalized spacial score (nSPS) is 10.1. The number of hydrogen-bond acceptors (Lipinski definition) is 3. The van der Waals surface area contributed by atoms with Gasteiger partial charge in [-0.15, -0.1) is 0 Å². The highest BCUT2D eigenvalue weighted by atomic mass is 79.9. The van der Waals surface area contributed by atoms with Crippen molar-refractivity contribution in [3.63, 3.8) is 0 Å². The number of benzene rings is 2. The van der Waals surface area contributed by atoms with Crippen molar-refractivity contribution in [3.05, 3.63) is 64.1 Å². The van der Waals surface area contributed by atoms with Crippen molar-refractivity contribution < 1.29 is 14.4 Å². The fraction of sp³-hybridized carbons (Fsp3) is 0.167. The Morgan fingerprint density at radius 3 is 2.20 bits per heavy atom. The maximum atomic E-state index is 11.9. The Bertz CT molecular complexity index is 758. The molecule has 0 bridgehead atoms. The van der Waals surface area contributed by atoms with E-state index in [4.69, 9.17) is 5.73 Å². The second-order valence-corrected chi connectivity index (χ2v) is 6.32. The van der Waals surface area contributed by atoms with Crippen molar-refractivity contribution >= 4 is 39.3 Å². The van der Waals surface area contributed by atoms with Crippen LogP contribution >= 0.6 is 15.9 Å². The Kier molecular flexibility index (Phi) is 6.71. The molecule has 0 aliphatic carbocycles. The maximum Gasteiger partial charge on any atom is 0.251 e. The van der Waals surface area contributed by atoms with Crippen molar-refractivity contribution in [1.29, 1.82) is 0 Å². The fourth-order valence-corrected chi connectivity index (χ4v) is 2.39. The Morgan fingerprint density at radius 2 is 1.60 bits per heavy atom. The molecule has 0 aliphatic rings. The van der Waals surface area contributed by atoms with E-state index >= 15 is 0 Å². The summed E-state index contributed by atoms with van der Waals surface area (Å²) in [6, 6.07) is 13.8. The van der Waals surface area contributed by atoms with Gasteiger partial charge in [-0.2, -0.15) is 0 Å². The van der Waals surface area contributed by atoms with E-state index in [0.717, 1.165) is 10.0 Å². The number of anilines is 1. The second kappa shape index (κ2) is 8.98. The van der Waals surface area contributed by atoms with Crippen molar-refractivity contribution in [2.45, 2.75) is 12.8 Å². The molecule has 0 atom stereocenters. The van der Waals surface area contributed by atoms with Gasteiger partial charge in [-0.25, -0.2) is 0 Å². The zero-order chi connectivity index (χ0) is 18.2. The summed E-state index contributed by atoms with van der Waals surface area (Å²) in [6.45, 7) is 0.237. The van der Waals surface area contributed by atoms with Gasteiger partial charge in [-0.05, 0) is 42.0 Å². The first-order chi connectivity index (χ1) is 11.9. The van der Waals surface area contributed by atoms with Crippen LogP contribution in [-0.4, -0.2) is 24.3 Å². The Morgan fingerprint density at radius 1 is 0.960 bits per heavy atom. The van der Waals surface area contributed by atoms with E-state index in [1.54, 1.807) is 48.5 Å². The number of hydrogen-bond donors (Lipinski definition) is 3. The molecule has 4 N–H and O–H groups in total. The van der Waals surface area contributed by atoms with Crippen LogP contribution in [0.25, 0.3) is 0 Å². The summed E-state index contributed by atoms with van der Waals surface area (Å²) >= 11 is 3.31. The number of rotatable bonds is 7. The molecular formula is C18H18BrN3O3. The van der Waals surface area contributed by atoms with Crippen molar-refractivity contribution in [3.8, 4) is 0 Å². The Balaban J connectivity index is 1.75. The third kappa shape index (κ3) is 6.39. The molecule has 0 spiro atoms. The first-order valence-electron chi connectivity index (χ1n) is 7.65. The van der Waals surface area contributed by atoms with E-state index in [9.17, 15) is 14.4 Å². The Labute approximate surface area is 153 Å².